The molecule has 0 aromatic carbocycles. The van der Waals surface area contributed by atoms with Crippen molar-refractivity contribution in [2.24, 2.45) is 5.92 Å². The van der Waals surface area contributed by atoms with Crippen molar-refractivity contribution in [3.05, 3.63) is 30.1 Å². The summed E-state index contributed by atoms with van der Waals surface area (Å²) in [6.45, 7) is 2.55. The summed E-state index contributed by atoms with van der Waals surface area (Å²) < 4.78 is 0. The lowest BCUT2D eigenvalue weighted by atomic mass is 9.98. The van der Waals surface area contributed by atoms with Crippen LogP contribution in [0, 0.1) is 5.92 Å². The van der Waals surface area contributed by atoms with Crippen LogP contribution in [0.5, 0.6) is 0 Å². The second kappa shape index (κ2) is 4.11. The molecule has 1 unspecified atom stereocenters. The smallest absolute Gasteiger partial charge is 0.134 e. The summed E-state index contributed by atoms with van der Waals surface area (Å²) in [5.41, 5.74) is 1.21. The highest BCUT2D eigenvalue weighted by atomic mass is 16.1. The molecule has 0 saturated carbocycles. The molecule has 15 heavy (non-hydrogen) atoms. The number of ketones is 1. The molecule has 2 heterocycles. The number of hydrogen-bond acceptors (Lipinski definition) is 3. The van der Waals surface area contributed by atoms with Crippen molar-refractivity contribution in [1.29, 1.82) is 0 Å². The van der Waals surface area contributed by atoms with Gasteiger partial charge in [-0.1, -0.05) is 6.07 Å². The fourth-order valence-corrected chi connectivity index (χ4v) is 2.26. The number of Topliss-reactive ketones (excluding diaryl/α,β-unsaturated/α-hetero) is 1. The van der Waals surface area contributed by atoms with Crippen LogP contribution in [0.25, 0.3) is 0 Å². The van der Waals surface area contributed by atoms with Crippen molar-refractivity contribution in [2.75, 3.05) is 13.6 Å². The van der Waals surface area contributed by atoms with Gasteiger partial charge in [0.15, 0.2) is 0 Å². The van der Waals surface area contributed by atoms with Crippen LogP contribution in [0.2, 0.25) is 0 Å². The minimum atomic E-state index is 0.195. The summed E-state index contributed by atoms with van der Waals surface area (Å²) in [5, 5.41) is 0. The Morgan fingerprint density at radius 3 is 2.93 bits per heavy atom. The maximum atomic E-state index is 11.3. The molecule has 1 aromatic rings. The van der Waals surface area contributed by atoms with Gasteiger partial charge in [-0.3, -0.25) is 14.7 Å². The van der Waals surface area contributed by atoms with Crippen LogP contribution in [0.4, 0.5) is 0 Å². The third-order valence-corrected chi connectivity index (χ3v) is 3.19. The second-order valence-electron chi connectivity index (χ2n) is 4.29. The Kier molecular flexibility index (Phi) is 2.82. The van der Waals surface area contributed by atoms with Crippen molar-refractivity contribution in [3.8, 4) is 0 Å². The first-order chi connectivity index (χ1) is 7.18. The number of aromatic nitrogens is 1. The standard InChI is InChI=1S/C12H16N2O/c1-9(15)11-6-12(14(2)8-11)10-4-3-5-13-7-10/h3-5,7,11-12H,6,8H2,1-2H3/t11?,12-/m0/s1. The van der Waals surface area contributed by atoms with E-state index in [0.717, 1.165) is 13.0 Å². The molecule has 3 heteroatoms. The van der Waals surface area contributed by atoms with Gasteiger partial charge in [-0.25, -0.2) is 0 Å². The average molecular weight is 204 g/mol. The van der Waals surface area contributed by atoms with Gasteiger partial charge in [0.05, 0.1) is 0 Å². The van der Waals surface area contributed by atoms with E-state index in [2.05, 4.69) is 23.0 Å². The van der Waals surface area contributed by atoms with E-state index in [-0.39, 0.29) is 5.92 Å². The Balaban J connectivity index is 2.15. The first-order valence-corrected chi connectivity index (χ1v) is 5.29. The molecule has 0 N–H and O–H groups in total. The molecular weight excluding hydrogens is 188 g/mol. The van der Waals surface area contributed by atoms with E-state index in [9.17, 15) is 4.79 Å². The SMILES string of the molecule is CC(=O)C1C[C@@H](c2cccnc2)N(C)C1. The predicted molar refractivity (Wildman–Crippen MR) is 58.4 cm³/mol. The lowest BCUT2D eigenvalue weighted by Gasteiger charge is -2.18. The molecule has 2 atom stereocenters. The van der Waals surface area contributed by atoms with Crippen LogP contribution in [-0.4, -0.2) is 29.3 Å². The molecule has 0 radical (unpaired) electrons. The molecule has 1 aliphatic heterocycles. The molecule has 80 valence electrons. The molecule has 1 aromatic heterocycles. The van der Waals surface area contributed by atoms with Gasteiger partial charge in [0.25, 0.3) is 0 Å². The molecule has 0 aliphatic carbocycles. The number of likely N-dealkylation sites (tertiary alicyclic amines) is 1. The van der Waals surface area contributed by atoms with E-state index in [4.69, 9.17) is 0 Å². The first-order valence-electron chi connectivity index (χ1n) is 5.29. The zero-order valence-electron chi connectivity index (χ0n) is 9.18. The van der Waals surface area contributed by atoms with Crippen LogP contribution < -0.4 is 0 Å². The number of hydrogen-bond donors (Lipinski definition) is 0. The van der Waals surface area contributed by atoms with Crippen molar-refractivity contribution in [3.63, 3.8) is 0 Å². The third kappa shape index (κ3) is 2.07. The highest BCUT2D eigenvalue weighted by Crippen LogP contribution is 2.33. The number of carbonyl (C=O) groups is 1. The maximum absolute atomic E-state index is 11.3. The normalized spacial score (nSPS) is 26.8. The highest BCUT2D eigenvalue weighted by Gasteiger charge is 2.32. The van der Waals surface area contributed by atoms with Crippen molar-refractivity contribution in [1.82, 2.24) is 9.88 Å². The largest absolute Gasteiger partial charge is 0.300 e. The number of carbonyl (C=O) groups excluding carboxylic acids is 1. The van der Waals surface area contributed by atoms with Crippen LogP contribution in [0.15, 0.2) is 24.5 Å². The molecule has 1 saturated heterocycles. The number of pyridine rings is 1. The Morgan fingerprint density at radius 2 is 2.40 bits per heavy atom. The van der Waals surface area contributed by atoms with E-state index in [1.54, 1.807) is 13.1 Å². The molecule has 0 amide bonds. The summed E-state index contributed by atoms with van der Waals surface area (Å²) in [5.74, 6) is 0.494. The zero-order chi connectivity index (χ0) is 10.8. The monoisotopic (exact) mass is 204 g/mol. The van der Waals surface area contributed by atoms with Crippen molar-refractivity contribution in [2.45, 2.75) is 19.4 Å². The average Bonchev–Trinajstić information content (AvgIpc) is 2.62. The van der Waals surface area contributed by atoms with Gasteiger partial charge in [-0.05, 0) is 32.0 Å². The molecule has 0 spiro atoms. The molecule has 1 fully saturated rings. The van der Waals surface area contributed by atoms with E-state index in [1.165, 1.54) is 5.56 Å². The van der Waals surface area contributed by atoms with Crippen LogP contribution >= 0.6 is 0 Å². The Hall–Kier alpha value is -1.22. The lowest BCUT2D eigenvalue weighted by Crippen LogP contribution is -2.19. The minimum absolute atomic E-state index is 0.195. The van der Waals surface area contributed by atoms with Gasteiger partial charge in [0.1, 0.15) is 5.78 Å². The molecule has 3 nitrogen and oxygen atoms in total. The summed E-state index contributed by atoms with van der Waals surface area (Å²) in [6.07, 6.45) is 4.60. The molecule has 1 aliphatic rings. The summed E-state index contributed by atoms with van der Waals surface area (Å²) in [7, 11) is 2.07. The number of nitrogens with zero attached hydrogens (tertiary/aromatic N) is 2. The van der Waals surface area contributed by atoms with E-state index in [0.29, 0.717) is 11.8 Å². The fourth-order valence-electron chi connectivity index (χ4n) is 2.26. The lowest BCUT2D eigenvalue weighted by molar-refractivity contribution is -0.120. The topological polar surface area (TPSA) is 33.2 Å². The quantitative estimate of drug-likeness (QED) is 0.734. The predicted octanol–water partition coefficient (Wildman–Crippen LogP) is 1.66. The zero-order valence-corrected chi connectivity index (χ0v) is 9.18. The van der Waals surface area contributed by atoms with E-state index in [1.807, 2.05) is 12.3 Å². The van der Waals surface area contributed by atoms with Gasteiger partial charge in [-0.2, -0.15) is 0 Å². The van der Waals surface area contributed by atoms with Gasteiger partial charge in [0.2, 0.25) is 0 Å². The highest BCUT2D eigenvalue weighted by molar-refractivity contribution is 5.78. The van der Waals surface area contributed by atoms with Gasteiger partial charge < -0.3 is 0 Å². The van der Waals surface area contributed by atoms with E-state index < -0.39 is 0 Å². The Bertz CT molecular complexity index is 350. The van der Waals surface area contributed by atoms with Gasteiger partial charge in [-0.15, -0.1) is 0 Å². The Morgan fingerprint density at radius 1 is 1.60 bits per heavy atom. The fraction of sp³-hybridized carbons (Fsp3) is 0.500. The Labute approximate surface area is 90.1 Å². The minimum Gasteiger partial charge on any atom is -0.300 e. The summed E-state index contributed by atoms with van der Waals surface area (Å²) >= 11 is 0. The van der Waals surface area contributed by atoms with E-state index >= 15 is 0 Å². The van der Waals surface area contributed by atoms with Crippen molar-refractivity contribution < 1.29 is 4.79 Å². The van der Waals surface area contributed by atoms with Crippen LogP contribution in [0.1, 0.15) is 24.9 Å². The first kappa shape index (κ1) is 10.3. The second-order valence-corrected chi connectivity index (χ2v) is 4.29. The number of rotatable bonds is 2. The summed E-state index contributed by atoms with van der Waals surface area (Å²) in [6, 6.07) is 4.38. The maximum Gasteiger partial charge on any atom is 0.134 e. The van der Waals surface area contributed by atoms with Crippen molar-refractivity contribution >= 4 is 5.78 Å². The molecular formula is C12H16N2O. The van der Waals surface area contributed by atoms with Crippen LogP contribution in [-0.2, 0) is 4.79 Å². The van der Waals surface area contributed by atoms with Gasteiger partial charge in [0, 0.05) is 30.9 Å². The summed E-state index contributed by atoms with van der Waals surface area (Å²) in [4.78, 5) is 17.7. The van der Waals surface area contributed by atoms with Crippen LogP contribution in [0.3, 0.4) is 0 Å². The molecule has 0 bridgehead atoms. The van der Waals surface area contributed by atoms with Gasteiger partial charge >= 0.3 is 0 Å². The third-order valence-electron chi connectivity index (χ3n) is 3.19. The molecule has 2 rings (SSSR count).